The number of pyridine rings is 1. The molecule has 1 aromatic heterocycles. The maximum atomic E-state index is 13.8. The second-order valence-electron chi connectivity index (χ2n) is 6.30. The zero-order chi connectivity index (χ0) is 20.3. The summed E-state index contributed by atoms with van der Waals surface area (Å²) < 4.78 is 35.9. The predicted molar refractivity (Wildman–Crippen MR) is 102 cm³/mol. The zero-order valence-corrected chi connectivity index (χ0v) is 15.9. The molecule has 2 heterocycles. The summed E-state index contributed by atoms with van der Waals surface area (Å²) in [5.74, 6) is -1.36. The number of benzene rings is 1. The number of hydrogen-bond acceptors (Lipinski definition) is 4. The maximum absolute atomic E-state index is 13.8. The first-order valence-corrected chi connectivity index (χ1v) is 9.64. The highest BCUT2D eigenvalue weighted by atomic mass is 32.2. The third-order valence-corrected chi connectivity index (χ3v) is 4.88. The molecule has 0 bridgehead atoms. The van der Waals surface area contributed by atoms with Gasteiger partial charge in [0.2, 0.25) is 0 Å². The summed E-state index contributed by atoms with van der Waals surface area (Å²) in [5, 5.41) is 0. The quantitative estimate of drug-likeness (QED) is 0.752. The van der Waals surface area contributed by atoms with Gasteiger partial charge < -0.3 is 9.80 Å². The molecule has 2 N–H and O–H groups in total. The Hall–Kier alpha value is -2.85. The van der Waals surface area contributed by atoms with Gasteiger partial charge in [0.1, 0.15) is 0 Å². The predicted octanol–water partition coefficient (Wildman–Crippen LogP) is 1.68. The van der Waals surface area contributed by atoms with Crippen molar-refractivity contribution in [2.24, 2.45) is 0 Å². The van der Waals surface area contributed by atoms with Crippen molar-refractivity contribution < 1.29 is 22.7 Å². The monoisotopic (exact) mass is 406 g/mol. The number of halogens is 1. The molecule has 3 rings (SSSR count). The fourth-order valence-electron chi connectivity index (χ4n) is 2.99. The topological polar surface area (TPSA) is 103 Å². The number of rotatable bonds is 4. The molecule has 1 unspecified atom stereocenters. The molecule has 0 aliphatic carbocycles. The fourth-order valence-corrected chi connectivity index (χ4v) is 3.41. The van der Waals surface area contributed by atoms with Crippen molar-refractivity contribution in [3.8, 4) is 0 Å². The average molecular weight is 406 g/mol. The number of carbonyl (C=O) groups excluding carboxylic acids is 2. The molecule has 1 aliphatic heterocycles. The number of nitrogens with one attached hydrogen (secondary N) is 1. The Balaban J connectivity index is 1.64. The molecule has 28 heavy (non-hydrogen) atoms. The van der Waals surface area contributed by atoms with Crippen LogP contribution in [0.3, 0.4) is 0 Å². The molecular formula is C18H19FN4O4S. The van der Waals surface area contributed by atoms with Crippen molar-refractivity contribution in [2.45, 2.75) is 6.92 Å². The highest BCUT2D eigenvalue weighted by Crippen LogP contribution is 2.19. The average Bonchev–Trinajstić information content (AvgIpc) is 2.68. The molecule has 1 aromatic carbocycles. The van der Waals surface area contributed by atoms with Gasteiger partial charge in [-0.25, -0.2) is 13.6 Å². The smallest absolute Gasteiger partial charge is 0.275 e. The Kier molecular flexibility index (Phi) is 6.00. The molecule has 0 radical (unpaired) electrons. The van der Waals surface area contributed by atoms with Crippen LogP contribution >= 0.6 is 0 Å². The van der Waals surface area contributed by atoms with Crippen LogP contribution < -0.4 is 4.72 Å². The fraction of sp³-hybridized carbons (Fsp3) is 0.278. The minimum absolute atomic E-state index is 0.198. The van der Waals surface area contributed by atoms with Gasteiger partial charge in [-0.3, -0.25) is 18.9 Å². The lowest BCUT2D eigenvalue weighted by molar-refractivity contribution is 0.0529. The van der Waals surface area contributed by atoms with Crippen LogP contribution in [0, 0.1) is 12.7 Å². The number of hydrogen-bond donors (Lipinski definition) is 2. The van der Waals surface area contributed by atoms with Gasteiger partial charge in [0, 0.05) is 37.9 Å². The van der Waals surface area contributed by atoms with E-state index in [2.05, 4.69) is 9.71 Å². The molecule has 1 atom stereocenters. The molecular weight excluding hydrogens is 387 g/mol. The van der Waals surface area contributed by atoms with Gasteiger partial charge >= 0.3 is 0 Å². The van der Waals surface area contributed by atoms with Gasteiger partial charge in [0.25, 0.3) is 23.1 Å². The first-order chi connectivity index (χ1) is 13.4. The summed E-state index contributed by atoms with van der Waals surface area (Å²) in [4.78, 5) is 32.0. The number of anilines is 1. The standard InChI is InChI=1S/C18H19FN4O4S/c1-12-11-13(4-5-15(12)21-28(26)27)17(24)22-7-9-23(10-8-22)18(25)16-14(19)3-2-6-20-16/h2-6,11,21H,7-10H2,1H3,(H,26,27). The third-order valence-electron chi connectivity index (χ3n) is 4.49. The van der Waals surface area contributed by atoms with Gasteiger partial charge in [-0.15, -0.1) is 0 Å². The van der Waals surface area contributed by atoms with E-state index in [-0.39, 0.29) is 24.7 Å². The largest absolute Gasteiger partial charge is 0.335 e. The van der Waals surface area contributed by atoms with E-state index in [4.69, 9.17) is 4.55 Å². The van der Waals surface area contributed by atoms with Gasteiger partial charge in [0.05, 0.1) is 5.69 Å². The summed E-state index contributed by atoms with van der Waals surface area (Å²) in [5.41, 5.74) is 1.35. The number of piperazine rings is 1. The van der Waals surface area contributed by atoms with Crippen LogP contribution in [0.25, 0.3) is 0 Å². The minimum Gasteiger partial charge on any atom is -0.335 e. The second kappa shape index (κ2) is 8.44. The van der Waals surface area contributed by atoms with Crippen LogP contribution in [0.5, 0.6) is 0 Å². The lowest BCUT2D eigenvalue weighted by atomic mass is 10.1. The Morgan fingerprint density at radius 1 is 1.14 bits per heavy atom. The maximum Gasteiger partial charge on any atom is 0.275 e. The van der Waals surface area contributed by atoms with E-state index in [1.807, 2.05) is 0 Å². The Labute approximate surface area is 163 Å². The van der Waals surface area contributed by atoms with Crippen LogP contribution in [0.2, 0.25) is 0 Å². The molecule has 10 heteroatoms. The van der Waals surface area contributed by atoms with Gasteiger partial charge in [-0.2, -0.15) is 0 Å². The summed E-state index contributed by atoms with van der Waals surface area (Å²) in [6.45, 7) is 2.92. The number of aryl methyl sites for hydroxylation is 1. The van der Waals surface area contributed by atoms with Crippen molar-refractivity contribution in [1.82, 2.24) is 14.8 Å². The molecule has 1 saturated heterocycles. The number of nitrogens with zero attached hydrogens (tertiary/aromatic N) is 3. The number of carbonyl (C=O) groups is 2. The highest BCUT2D eigenvalue weighted by Gasteiger charge is 2.27. The number of aromatic nitrogens is 1. The second-order valence-corrected chi connectivity index (χ2v) is 7.00. The van der Waals surface area contributed by atoms with Crippen LogP contribution in [0.1, 0.15) is 26.4 Å². The first kappa shape index (κ1) is 19.9. The molecule has 1 fully saturated rings. The summed E-state index contributed by atoms with van der Waals surface area (Å²) in [6.07, 6.45) is 1.36. The van der Waals surface area contributed by atoms with Crippen LogP contribution in [-0.4, -0.2) is 61.5 Å². The first-order valence-electron chi connectivity index (χ1n) is 8.54. The van der Waals surface area contributed by atoms with Crippen molar-refractivity contribution in [3.63, 3.8) is 0 Å². The van der Waals surface area contributed by atoms with Crippen LogP contribution in [0.15, 0.2) is 36.5 Å². The van der Waals surface area contributed by atoms with Gasteiger partial charge in [-0.1, -0.05) is 0 Å². The van der Waals surface area contributed by atoms with Crippen LogP contribution in [0.4, 0.5) is 10.1 Å². The summed E-state index contributed by atoms with van der Waals surface area (Å²) in [6, 6.07) is 7.39. The summed E-state index contributed by atoms with van der Waals surface area (Å²) >= 11 is -2.19. The van der Waals surface area contributed by atoms with E-state index in [1.54, 1.807) is 30.0 Å². The normalized spacial score (nSPS) is 15.2. The molecule has 0 spiro atoms. The van der Waals surface area contributed by atoms with Crippen molar-refractivity contribution in [2.75, 3.05) is 30.9 Å². The Morgan fingerprint density at radius 3 is 2.36 bits per heavy atom. The molecule has 2 aromatic rings. The van der Waals surface area contributed by atoms with Gasteiger partial charge in [-0.05, 0) is 42.8 Å². The van der Waals surface area contributed by atoms with Crippen molar-refractivity contribution in [3.05, 3.63) is 59.2 Å². The SMILES string of the molecule is Cc1cc(C(=O)N2CCN(C(=O)c3ncccc3F)CC2)ccc1NS(=O)O. The minimum atomic E-state index is -2.19. The molecule has 8 nitrogen and oxygen atoms in total. The van der Waals surface area contributed by atoms with E-state index in [0.717, 1.165) is 0 Å². The van der Waals surface area contributed by atoms with E-state index < -0.39 is 23.0 Å². The van der Waals surface area contributed by atoms with E-state index >= 15 is 0 Å². The Morgan fingerprint density at radius 2 is 1.79 bits per heavy atom. The van der Waals surface area contributed by atoms with Crippen molar-refractivity contribution >= 4 is 28.8 Å². The highest BCUT2D eigenvalue weighted by molar-refractivity contribution is 7.80. The molecule has 2 amide bonds. The van der Waals surface area contributed by atoms with Crippen LogP contribution in [-0.2, 0) is 11.3 Å². The molecule has 0 saturated carbocycles. The lowest BCUT2D eigenvalue weighted by Crippen LogP contribution is -2.50. The lowest BCUT2D eigenvalue weighted by Gasteiger charge is -2.34. The van der Waals surface area contributed by atoms with Gasteiger partial charge in [0.15, 0.2) is 11.5 Å². The third kappa shape index (κ3) is 4.34. The van der Waals surface area contributed by atoms with E-state index in [9.17, 15) is 18.2 Å². The molecule has 148 valence electrons. The number of amides is 2. The van der Waals surface area contributed by atoms with E-state index in [0.29, 0.717) is 29.9 Å². The zero-order valence-electron chi connectivity index (χ0n) is 15.1. The van der Waals surface area contributed by atoms with Crippen molar-refractivity contribution in [1.29, 1.82) is 0 Å². The Bertz CT molecular complexity index is 932. The van der Waals surface area contributed by atoms with E-state index in [1.165, 1.54) is 23.2 Å². The summed E-state index contributed by atoms with van der Waals surface area (Å²) in [7, 11) is 0. The molecule has 1 aliphatic rings.